The molecular weight excluding hydrogens is 664 g/mol. The van der Waals surface area contributed by atoms with Gasteiger partial charge >= 0.3 is 12.1 Å². The summed E-state index contributed by atoms with van der Waals surface area (Å²) in [5.74, 6) is -1.46. The molecule has 272 valence electrons. The van der Waals surface area contributed by atoms with Crippen molar-refractivity contribution in [3.05, 3.63) is 71.8 Å². The number of benzene rings is 2. The maximum absolute atomic E-state index is 13.9. The van der Waals surface area contributed by atoms with Gasteiger partial charge in [-0.1, -0.05) is 48.5 Å². The second-order valence-corrected chi connectivity index (χ2v) is 15.4. The molecule has 2 aromatic carbocycles. The van der Waals surface area contributed by atoms with Crippen molar-refractivity contribution in [2.75, 3.05) is 39.0 Å². The number of carbonyl (C=O) groups excluding carboxylic acids is 4. The number of ether oxygens (including phenoxy) is 2. The van der Waals surface area contributed by atoms with Gasteiger partial charge in [0.25, 0.3) is 0 Å². The summed E-state index contributed by atoms with van der Waals surface area (Å²) in [6.45, 7) is 4.42. The van der Waals surface area contributed by atoms with Crippen molar-refractivity contribution in [2.24, 2.45) is 22.4 Å². The maximum atomic E-state index is 13.9. The molecule has 50 heavy (non-hydrogen) atoms. The SMILES string of the molecule is CC(C)(COC(=O)N=C(N)N1CCC(CCN([C@H](Cc2ccccc2)C(=O)N2CCC[C@H]2C(N)=O)S(C)(=O)=O)CC1)OC(=O)c1ccccc1. The van der Waals surface area contributed by atoms with Crippen LogP contribution in [-0.2, 0) is 35.5 Å². The van der Waals surface area contributed by atoms with Crippen molar-refractivity contribution < 1.29 is 37.1 Å². The minimum atomic E-state index is -3.83. The molecule has 2 atom stereocenters. The van der Waals surface area contributed by atoms with E-state index in [9.17, 15) is 27.6 Å². The fraction of sp³-hybridized carbons (Fsp3) is 0.514. The van der Waals surface area contributed by atoms with E-state index in [4.69, 9.17) is 20.9 Å². The van der Waals surface area contributed by atoms with E-state index in [1.165, 1.54) is 9.21 Å². The van der Waals surface area contributed by atoms with Gasteiger partial charge in [-0.2, -0.15) is 4.31 Å². The second-order valence-electron chi connectivity index (χ2n) is 13.4. The predicted molar refractivity (Wildman–Crippen MR) is 187 cm³/mol. The molecule has 2 aliphatic rings. The number of primary amides is 1. The molecule has 2 saturated heterocycles. The first kappa shape index (κ1) is 38.3. The molecule has 0 radical (unpaired) electrons. The first-order valence-electron chi connectivity index (χ1n) is 16.8. The molecule has 4 N–H and O–H groups in total. The number of esters is 1. The summed E-state index contributed by atoms with van der Waals surface area (Å²) in [6.07, 6.45) is 3.20. The zero-order valence-electron chi connectivity index (χ0n) is 28.9. The van der Waals surface area contributed by atoms with Crippen molar-refractivity contribution in [1.82, 2.24) is 14.1 Å². The van der Waals surface area contributed by atoms with E-state index in [1.807, 2.05) is 30.3 Å². The van der Waals surface area contributed by atoms with E-state index in [-0.39, 0.29) is 31.4 Å². The number of hydrogen-bond donors (Lipinski definition) is 2. The predicted octanol–water partition coefficient (Wildman–Crippen LogP) is 2.52. The number of hydrogen-bond acceptors (Lipinski definition) is 8. The second kappa shape index (κ2) is 16.9. The fourth-order valence-electron chi connectivity index (χ4n) is 6.33. The van der Waals surface area contributed by atoms with Crippen LogP contribution in [0.4, 0.5) is 4.79 Å². The van der Waals surface area contributed by atoms with Gasteiger partial charge in [-0.3, -0.25) is 9.59 Å². The molecule has 14 nitrogen and oxygen atoms in total. The van der Waals surface area contributed by atoms with Gasteiger partial charge in [0.15, 0.2) is 0 Å². The van der Waals surface area contributed by atoms with Gasteiger partial charge in [-0.05, 0) is 76.0 Å². The van der Waals surface area contributed by atoms with E-state index in [2.05, 4.69) is 4.99 Å². The third-order valence-electron chi connectivity index (χ3n) is 9.02. The van der Waals surface area contributed by atoms with Crippen LogP contribution in [0.1, 0.15) is 61.9 Å². The van der Waals surface area contributed by atoms with E-state index in [1.54, 1.807) is 49.1 Å². The Morgan fingerprint density at radius 2 is 1.58 bits per heavy atom. The van der Waals surface area contributed by atoms with Crippen LogP contribution in [0.3, 0.4) is 0 Å². The molecule has 0 aliphatic carbocycles. The Morgan fingerprint density at radius 1 is 0.960 bits per heavy atom. The molecule has 0 aromatic heterocycles. The van der Waals surface area contributed by atoms with Crippen LogP contribution in [0.15, 0.2) is 65.7 Å². The molecule has 3 amide bonds. The lowest BCUT2D eigenvalue weighted by Crippen LogP contribution is -2.55. The first-order valence-corrected chi connectivity index (χ1v) is 18.6. The number of nitrogens with two attached hydrogens (primary N) is 2. The highest BCUT2D eigenvalue weighted by Crippen LogP contribution is 2.26. The summed E-state index contributed by atoms with van der Waals surface area (Å²) < 4.78 is 38.4. The summed E-state index contributed by atoms with van der Waals surface area (Å²) in [5.41, 5.74) is 11.8. The number of guanidine groups is 1. The summed E-state index contributed by atoms with van der Waals surface area (Å²) in [6, 6.07) is 15.9. The number of sulfonamides is 1. The molecule has 0 unspecified atom stereocenters. The van der Waals surface area contributed by atoms with Gasteiger partial charge in [0, 0.05) is 26.2 Å². The summed E-state index contributed by atoms with van der Waals surface area (Å²) >= 11 is 0. The van der Waals surface area contributed by atoms with Gasteiger partial charge in [-0.15, -0.1) is 4.99 Å². The number of rotatable bonds is 13. The molecule has 2 aliphatic heterocycles. The Balaban J connectivity index is 1.33. The summed E-state index contributed by atoms with van der Waals surface area (Å²) in [4.78, 5) is 58.0. The topological polar surface area (TPSA) is 195 Å². The van der Waals surface area contributed by atoms with Gasteiger partial charge < -0.3 is 30.7 Å². The van der Waals surface area contributed by atoms with Crippen LogP contribution in [0, 0.1) is 5.92 Å². The number of aliphatic imine (C=N–C) groups is 1. The smallest absolute Gasteiger partial charge is 0.436 e. The zero-order chi connectivity index (χ0) is 36.5. The number of carbonyl (C=O) groups is 4. The third-order valence-corrected chi connectivity index (χ3v) is 10.3. The maximum Gasteiger partial charge on any atom is 0.436 e. The number of likely N-dealkylation sites (tertiary alicyclic amines) is 2. The quantitative estimate of drug-likeness (QED) is 0.177. The lowest BCUT2D eigenvalue weighted by molar-refractivity contribution is -0.140. The van der Waals surface area contributed by atoms with E-state index >= 15 is 0 Å². The largest absolute Gasteiger partial charge is 0.452 e. The van der Waals surface area contributed by atoms with Crippen molar-refractivity contribution >= 4 is 39.9 Å². The third kappa shape index (κ3) is 10.7. The minimum absolute atomic E-state index is 0.00607. The van der Waals surface area contributed by atoms with Crippen molar-refractivity contribution in [3.63, 3.8) is 0 Å². The molecule has 0 saturated carbocycles. The van der Waals surface area contributed by atoms with Gasteiger partial charge in [0.05, 0.1) is 11.8 Å². The average molecular weight is 713 g/mol. The molecule has 4 rings (SSSR count). The molecular formula is C35H48N6O8S. The van der Waals surface area contributed by atoms with Crippen LogP contribution in [0.5, 0.6) is 0 Å². The molecule has 2 fully saturated rings. The van der Waals surface area contributed by atoms with E-state index in [0.29, 0.717) is 57.3 Å². The lowest BCUT2D eigenvalue weighted by Gasteiger charge is -2.36. The first-order chi connectivity index (χ1) is 23.6. The Labute approximate surface area is 293 Å². The Morgan fingerprint density at radius 3 is 2.18 bits per heavy atom. The number of amides is 3. The van der Waals surface area contributed by atoms with E-state index in [0.717, 1.165) is 11.8 Å². The molecule has 2 heterocycles. The lowest BCUT2D eigenvalue weighted by atomic mass is 9.93. The summed E-state index contributed by atoms with van der Waals surface area (Å²) in [5, 5.41) is 0. The highest BCUT2D eigenvalue weighted by atomic mass is 32.2. The Kier molecular flexibility index (Phi) is 13.0. The van der Waals surface area contributed by atoms with Crippen molar-refractivity contribution in [2.45, 2.75) is 70.1 Å². The minimum Gasteiger partial charge on any atom is -0.452 e. The molecule has 15 heteroatoms. The van der Waals surface area contributed by atoms with Crippen LogP contribution in [0.25, 0.3) is 0 Å². The average Bonchev–Trinajstić information content (AvgIpc) is 3.58. The Hall–Kier alpha value is -4.50. The number of nitrogens with zero attached hydrogens (tertiary/aromatic N) is 4. The van der Waals surface area contributed by atoms with Crippen molar-refractivity contribution in [3.8, 4) is 0 Å². The standard InChI is InChI=1S/C35H48N6O8S/c1-35(2,49-32(44)27-13-8-5-9-14-27)24-48-34(45)38-33(37)39-20-16-25(17-21-39)18-22-41(50(3,46)47)29(23-26-11-6-4-7-12-26)31(43)40-19-10-15-28(40)30(36)42/h4-9,11-14,25,28-29H,10,15-24H2,1-3H3,(H2,36,42)(H2,37,38,45)/t28-,29+/m0/s1. The number of piperidine rings is 1. The summed E-state index contributed by atoms with van der Waals surface area (Å²) in [7, 11) is -3.83. The molecule has 0 spiro atoms. The van der Waals surface area contributed by atoms with Crippen LogP contribution >= 0.6 is 0 Å². The van der Waals surface area contributed by atoms with Crippen molar-refractivity contribution in [1.29, 1.82) is 0 Å². The monoisotopic (exact) mass is 712 g/mol. The van der Waals surface area contributed by atoms with Crippen LogP contribution in [0.2, 0.25) is 0 Å². The van der Waals surface area contributed by atoms with E-state index < -0.39 is 51.6 Å². The zero-order valence-corrected chi connectivity index (χ0v) is 29.7. The Bertz CT molecular complexity index is 1630. The van der Waals surface area contributed by atoms with Crippen LogP contribution in [-0.4, -0.2) is 109 Å². The highest BCUT2D eigenvalue weighted by Gasteiger charge is 2.41. The highest BCUT2D eigenvalue weighted by molar-refractivity contribution is 7.88. The normalized spacial score (nSPS) is 18.2. The fourth-order valence-corrected chi connectivity index (χ4v) is 7.39. The van der Waals surface area contributed by atoms with Gasteiger partial charge in [-0.25, -0.2) is 18.0 Å². The molecule has 2 aromatic rings. The van der Waals surface area contributed by atoms with Gasteiger partial charge in [0.1, 0.15) is 24.3 Å². The van der Waals surface area contributed by atoms with Crippen LogP contribution < -0.4 is 11.5 Å². The molecule has 0 bridgehead atoms. The van der Waals surface area contributed by atoms with Gasteiger partial charge in [0.2, 0.25) is 27.8 Å².